The van der Waals surface area contributed by atoms with Crippen molar-refractivity contribution in [1.29, 1.82) is 5.26 Å². The molecule has 0 aliphatic rings. The summed E-state index contributed by atoms with van der Waals surface area (Å²) < 4.78 is 12.9. The van der Waals surface area contributed by atoms with E-state index >= 15 is 0 Å². The molecule has 1 amide bonds. The van der Waals surface area contributed by atoms with Crippen LogP contribution in [0.1, 0.15) is 32.8 Å². The Labute approximate surface area is 112 Å². The average molecular weight is 263 g/mol. The topological polar surface area (TPSA) is 64.9 Å². The molecule has 1 aromatic carbocycles. The molecular formula is C14H18FN3O. The van der Waals surface area contributed by atoms with Gasteiger partial charge in [-0.3, -0.25) is 4.79 Å². The molecule has 0 fully saturated rings. The molecule has 4 nitrogen and oxygen atoms in total. The van der Waals surface area contributed by atoms with Gasteiger partial charge in [0.25, 0.3) is 0 Å². The Morgan fingerprint density at radius 1 is 1.47 bits per heavy atom. The number of anilines is 1. The zero-order chi connectivity index (χ0) is 14.5. The lowest BCUT2D eigenvalue weighted by Gasteiger charge is -2.24. The van der Waals surface area contributed by atoms with Gasteiger partial charge in [0.2, 0.25) is 5.91 Å². The molecule has 1 aromatic rings. The molecule has 0 heterocycles. The highest BCUT2D eigenvalue weighted by molar-refractivity contribution is 5.81. The molecule has 19 heavy (non-hydrogen) atoms. The van der Waals surface area contributed by atoms with Gasteiger partial charge in [-0.2, -0.15) is 5.26 Å². The molecule has 0 aromatic heterocycles. The van der Waals surface area contributed by atoms with Gasteiger partial charge < -0.3 is 10.6 Å². The Morgan fingerprint density at radius 3 is 2.74 bits per heavy atom. The Bertz CT molecular complexity index is 506. The number of carbonyl (C=O) groups is 1. The van der Waals surface area contributed by atoms with Gasteiger partial charge in [-0.1, -0.05) is 6.92 Å². The van der Waals surface area contributed by atoms with E-state index in [1.807, 2.05) is 26.8 Å². The van der Waals surface area contributed by atoms with Crippen molar-refractivity contribution in [1.82, 2.24) is 5.32 Å². The summed E-state index contributed by atoms with van der Waals surface area (Å²) in [7, 11) is 0. The van der Waals surface area contributed by atoms with Gasteiger partial charge in [-0.15, -0.1) is 0 Å². The molecule has 0 aliphatic heterocycles. The Kier molecular flexibility index (Phi) is 4.87. The Hall–Kier alpha value is -2.09. The molecule has 0 aliphatic carbocycles. The second kappa shape index (κ2) is 6.19. The predicted octanol–water partition coefficient (Wildman–Crippen LogP) is 2.41. The molecule has 1 rings (SSSR count). The maximum atomic E-state index is 12.9. The molecule has 0 unspecified atom stereocenters. The molecule has 0 radical (unpaired) electrons. The van der Waals surface area contributed by atoms with E-state index in [4.69, 9.17) is 5.26 Å². The van der Waals surface area contributed by atoms with Crippen LogP contribution in [0.25, 0.3) is 0 Å². The molecule has 5 heteroatoms. The fourth-order valence-electron chi connectivity index (χ4n) is 1.45. The van der Waals surface area contributed by atoms with Crippen LogP contribution in [0.3, 0.4) is 0 Å². The Morgan fingerprint density at radius 2 is 2.16 bits per heavy atom. The van der Waals surface area contributed by atoms with Crippen LogP contribution in [0.15, 0.2) is 18.2 Å². The SMILES string of the molecule is CCC(C)(C)NC(=O)CNc1ccc(F)cc1C#N. The van der Waals surface area contributed by atoms with Gasteiger partial charge in [0.15, 0.2) is 0 Å². The van der Waals surface area contributed by atoms with E-state index in [2.05, 4.69) is 10.6 Å². The van der Waals surface area contributed by atoms with Crippen LogP contribution in [0.4, 0.5) is 10.1 Å². The van der Waals surface area contributed by atoms with E-state index in [0.29, 0.717) is 5.69 Å². The summed E-state index contributed by atoms with van der Waals surface area (Å²) in [5.41, 5.74) is 0.371. The van der Waals surface area contributed by atoms with E-state index in [-0.39, 0.29) is 23.6 Å². The normalized spacial score (nSPS) is 10.7. The van der Waals surface area contributed by atoms with Crippen LogP contribution in [0, 0.1) is 17.1 Å². The van der Waals surface area contributed by atoms with E-state index in [1.54, 1.807) is 0 Å². The summed E-state index contributed by atoms with van der Waals surface area (Å²) in [5.74, 6) is -0.640. The number of amides is 1. The number of hydrogen-bond donors (Lipinski definition) is 2. The highest BCUT2D eigenvalue weighted by Gasteiger charge is 2.17. The zero-order valence-electron chi connectivity index (χ0n) is 11.4. The van der Waals surface area contributed by atoms with Crippen molar-refractivity contribution in [3.8, 4) is 6.07 Å². The Balaban J connectivity index is 2.63. The number of benzene rings is 1. The van der Waals surface area contributed by atoms with Gasteiger partial charge in [-0.05, 0) is 38.5 Å². The summed E-state index contributed by atoms with van der Waals surface area (Å²) in [6.07, 6.45) is 0.818. The maximum absolute atomic E-state index is 12.9. The van der Waals surface area contributed by atoms with Crippen molar-refractivity contribution in [2.24, 2.45) is 0 Å². The lowest BCUT2D eigenvalue weighted by atomic mass is 10.0. The van der Waals surface area contributed by atoms with Crippen LogP contribution < -0.4 is 10.6 Å². The maximum Gasteiger partial charge on any atom is 0.239 e. The van der Waals surface area contributed by atoms with Crippen molar-refractivity contribution >= 4 is 11.6 Å². The molecule has 0 bridgehead atoms. The number of nitrogens with one attached hydrogen (secondary N) is 2. The number of nitriles is 1. The largest absolute Gasteiger partial charge is 0.375 e. The highest BCUT2D eigenvalue weighted by atomic mass is 19.1. The molecule has 0 atom stereocenters. The fraction of sp³-hybridized carbons (Fsp3) is 0.429. The zero-order valence-corrected chi connectivity index (χ0v) is 11.4. The second-order valence-electron chi connectivity index (χ2n) is 4.94. The lowest BCUT2D eigenvalue weighted by molar-refractivity contribution is -0.121. The van der Waals surface area contributed by atoms with Crippen molar-refractivity contribution in [2.45, 2.75) is 32.7 Å². The van der Waals surface area contributed by atoms with Crippen LogP contribution >= 0.6 is 0 Å². The summed E-state index contributed by atoms with van der Waals surface area (Å²) in [6.45, 7) is 5.90. The minimum Gasteiger partial charge on any atom is -0.375 e. The molecule has 0 saturated carbocycles. The monoisotopic (exact) mass is 263 g/mol. The number of nitrogens with zero attached hydrogens (tertiary/aromatic N) is 1. The van der Waals surface area contributed by atoms with Gasteiger partial charge in [0.1, 0.15) is 11.9 Å². The molecule has 0 spiro atoms. The van der Waals surface area contributed by atoms with Crippen LogP contribution in [0.5, 0.6) is 0 Å². The summed E-state index contributed by atoms with van der Waals surface area (Å²) >= 11 is 0. The van der Waals surface area contributed by atoms with E-state index < -0.39 is 5.82 Å². The minimum atomic E-state index is -0.473. The number of carbonyl (C=O) groups excluding carboxylic acids is 1. The number of halogens is 1. The van der Waals surface area contributed by atoms with Crippen molar-refractivity contribution in [3.05, 3.63) is 29.6 Å². The first kappa shape index (κ1) is 15.0. The standard InChI is InChI=1S/C14H18FN3O/c1-4-14(2,3)18-13(19)9-17-12-6-5-11(15)7-10(12)8-16/h5-7,17H,4,9H2,1-3H3,(H,18,19). The molecule has 2 N–H and O–H groups in total. The number of hydrogen-bond acceptors (Lipinski definition) is 3. The molecule has 0 saturated heterocycles. The second-order valence-corrected chi connectivity index (χ2v) is 4.94. The number of rotatable bonds is 5. The molecular weight excluding hydrogens is 245 g/mol. The van der Waals surface area contributed by atoms with Crippen molar-refractivity contribution in [2.75, 3.05) is 11.9 Å². The third-order valence-corrected chi connectivity index (χ3v) is 2.90. The van der Waals surface area contributed by atoms with Gasteiger partial charge in [-0.25, -0.2) is 4.39 Å². The first-order valence-corrected chi connectivity index (χ1v) is 6.12. The van der Waals surface area contributed by atoms with Crippen LogP contribution in [-0.4, -0.2) is 18.0 Å². The minimum absolute atomic E-state index is 0.0454. The highest BCUT2D eigenvalue weighted by Crippen LogP contribution is 2.15. The van der Waals surface area contributed by atoms with E-state index in [1.165, 1.54) is 12.1 Å². The first-order valence-electron chi connectivity index (χ1n) is 6.12. The summed E-state index contributed by atoms with van der Waals surface area (Å²) in [4.78, 5) is 11.7. The van der Waals surface area contributed by atoms with E-state index in [9.17, 15) is 9.18 Å². The van der Waals surface area contributed by atoms with Crippen molar-refractivity contribution in [3.63, 3.8) is 0 Å². The van der Waals surface area contributed by atoms with Crippen LogP contribution in [-0.2, 0) is 4.79 Å². The van der Waals surface area contributed by atoms with Crippen LogP contribution in [0.2, 0.25) is 0 Å². The first-order chi connectivity index (χ1) is 8.88. The fourth-order valence-corrected chi connectivity index (χ4v) is 1.45. The lowest BCUT2D eigenvalue weighted by Crippen LogP contribution is -2.45. The third kappa shape index (κ3) is 4.59. The smallest absolute Gasteiger partial charge is 0.239 e. The quantitative estimate of drug-likeness (QED) is 0.857. The predicted molar refractivity (Wildman–Crippen MR) is 72.1 cm³/mol. The average Bonchev–Trinajstić information content (AvgIpc) is 2.36. The van der Waals surface area contributed by atoms with Crippen molar-refractivity contribution < 1.29 is 9.18 Å². The third-order valence-electron chi connectivity index (χ3n) is 2.90. The summed E-state index contributed by atoms with van der Waals surface area (Å²) in [6, 6.07) is 5.72. The van der Waals surface area contributed by atoms with Gasteiger partial charge in [0, 0.05) is 5.54 Å². The van der Waals surface area contributed by atoms with Gasteiger partial charge in [0.05, 0.1) is 17.8 Å². The molecule has 102 valence electrons. The van der Waals surface area contributed by atoms with Gasteiger partial charge >= 0.3 is 0 Å². The van der Waals surface area contributed by atoms with E-state index in [0.717, 1.165) is 12.5 Å². The summed E-state index contributed by atoms with van der Waals surface area (Å²) in [5, 5.41) is 14.6.